The van der Waals surface area contributed by atoms with Crippen LogP contribution in [0.3, 0.4) is 0 Å². The first-order chi connectivity index (χ1) is 14.5. The van der Waals surface area contributed by atoms with Crippen LogP contribution in [0.2, 0.25) is 0 Å². The molecular formula is C22H18O8. The van der Waals surface area contributed by atoms with Gasteiger partial charge in [0.15, 0.2) is 23.0 Å². The van der Waals surface area contributed by atoms with E-state index in [0.29, 0.717) is 44.9 Å². The fourth-order valence-electron chi connectivity index (χ4n) is 3.27. The molecule has 154 valence electrons. The third kappa shape index (κ3) is 3.12. The molecule has 0 unspecified atom stereocenters. The van der Waals surface area contributed by atoms with Crippen molar-refractivity contribution < 1.29 is 27.8 Å². The summed E-state index contributed by atoms with van der Waals surface area (Å²) in [6.45, 7) is 0. The SMILES string of the molecule is COc1cc2cc(-c3cc4cc(OC)c(OC)cc4oc3=O)c(=O)oc2cc1OC. The average Bonchev–Trinajstić information content (AvgIpc) is 2.76. The highest BCUT2D eigenvalue weighted by molar-refractivity contribution is 5.88. The molecule has 0 amide bonds. The number of methoxy groups -OCH3 is 4. The van der Waals surface area contributed by atoms with Crippen molar-refractivity contribution in [3.63, 3.8) is 0 Å². The Kier molecular flexibility index (Phi) is 4.83. The minimum atomic E-state index is -0.679. The van der Waals surface area contributed by atoms with E-state index in [4.69, 9.17) is 27.8 Å². The molecule has 0 atom stereocenters. The Morgan fingerprint density at radius 3 is 1.20 bits per heavy atom. The number of fused-ring (bicyclic) bond motifs is 2. The van der Waals surface area contributed by atoms with Gasteiger partial charge in [-0.1, -0.05) is 0 Å². The zero-order valence-corrected chi connectivity index (χ0v) is 16.7. The third-order valence-corrected chi connectivity index (χ3v) is 4.77. The molecule has 0 saturated heterocycles. The van der Waals surface area contributed by atoms with Crippen LogP contribution in [-0.2, 0) is 0 Å². The predicted octanol–water partition coefficient (Wildman–Crippen LogP) is 3.60. The predicted molar refractivity (Wildman–Crippen MR) is 110 cm³/mol. The largest absolute Gasteiger partial charge is 0.493 e. The molecule has 0 aliphatic heterocycles. The number of hydrogen-bond acceptors (Lipinski definition) is 8. The highest BCUT2D eigenvalue weighted by Gasteiger charge is 2.17. The van der Waals surface area contributed by atoms with Gasteiger partial charge in [0.2, 0.25) is 0 Å². The van der Waals surface area contributed by atoms with Crippen LogP contribution < -0.4 is 30.2 Å². The second kappa shape index (κ2) is 7.47. The van der Waals surface area contributed by atoms with Crippen LogP contribution in [0.15, 0.2) is 54.8 Å². The number of rotatable bonds is 5. The molecule has 2 heterocycles. The number of benzene rings is 2. The van der Waals surface area contributed by atoms with Gasteiger partial charge in [-0.05, 0) is 24.3 Å². The van der Waals surface area contributed by atoms with Crippen molar-refractivity contribution in [2.45, 2.75) is 0 Å². The zero-order valence-electron chi connectivity index (χ0n) is 16.7. The maximum absolute atomic E-state index is 12.6. The fraction of sp³-hybridized carbons (Fsp3) is 0.182. The molecule has 4 rings (SSSR count). The van der Waals surface area contributed by atoms with Crippen LogP contribution in [0.25, 0.3) is 33.1 Å². The van der Waals surface area contributed by atoms with Gasteiger partial charge in [-0.2, -0.15) is 0 Å². The standard InChI is InChI=1S/C22H18O8/c1-25-17-7-11-5-13(21(23)29-15(11)9-19(17)27-3)14-6-12-8-18(26-2)20(28-4)10-16(12)30-22(14)24/h5-10H,1-4H3. The van der Waals surface area contributed by atoms with E-state index in [-0.39, 0.29) is 11.1 Å². The molecule has 0 aliphatic rings. The first kappa shape index (κ1) is 19.4. The van der Waals surface area contributed by atoms with Gasteiger partial charge in [-0.15, -0.1) is 0 Å². The summed E-state index contributed by atoms with van der Waals surface area (Å²) in [6, 6.07) is 9.55. The molecule has 0 N–H and O–H groups in total. The van der Waals surface area contributed by atoms with E-state index >= 15 is 0 Å². The first-order valence-corrected chi connectivity index (χ1v) is 8.89. The normalized spacial score (nSPS) is 10.9. The fourth-order valence-corrected chi connectivity index (χ4v) is 3.27. The molecule has 0 spiro atoms. The summed E-state index contributed by atoms with van der Waals surface area (Å²) in [4.78, 5) is 25.3. The van der Waals surface area contributed by atoms with Crippen LogP contribution in [0, 0.1) is 0 Å². The van der Waals surface area contributed by atoms with E-state index in [2.05, 4.69) is 0 Å². The summed E-state index contributed by atoms with van der Waals surface area (Å²) in [7, 11) is 5.98. The molecule has 0 bridgehead atoms. The topological polar surface area (TPSA) is 97.3 Å². The zero-order chi connectivity index (χ0) is 21.4. The van der Waals surface area contributed by atoms with E-state index in [0.717, 1.165) is 0 Å². The Bertz CT molecular complexity index is 1270. The molecule has 4 aromatic rings. The number of hydrogen-bond donors (Lipinski definition) is 0. The highest BCUT2D eigenvalue weighted by Crippen LogP contribution is 2.34. The number of ether oxygens (including phenoxy) is 4. The lowest BCUT2D eigenvalue weighted by Crippen LogP contribution is -2.11. The monoisotopic (exact) mass is 410 g/mol. The van der Waals surface area contributed by atoms with E-state index in [1.54, 1.807) is 36.4 Å². The molecule has 0 fully saturated rings. The van der Waals surface area contributed by atoms with Gasteiger partial charge in [0.05, 0.1) is 39.6 Å². The van der Waals surface area contributed by atoms with Crippen molar-refractivity contribution in [2.24, 2.45) is 0 Å². The highest BCUT2D eigenvalue weighted by atomic mass is 16.5. The minimum absolute atomic E-state index is 0.0696. The molecule has 8 nitrogen and oxygen atoms in total. The Balaban J connectivity index is 1.96. The van der Waals surface area contributed by atoms with Gasteiger partial charge in [-0.3, -0.25) is 0 Å². The molecule has 30 heavy (non-hydrogen) atoms. The second-order valence-electron chi connectivity index (χ2n) is 6.39. The Labute approximate surface area is 170 Å². The Morgan fingerprint density at radius 1 is 0.533 bits per heavy atom. The maximum Gasteiger partial charge on any atom is 0.344 e. The van der Waals surface area contributed by atoms with Gasteiger partial charge in [0, 0.05) is 22.9 Å². The average molecular weight is 410 g/mol. The quantitative estimate of drug-likeness (QED) is 0.461. The van der Waals surface area contributed by atoms with Crippen molar-refractivity contribution in [3.05, 3.63) is 57.2 Å². The van der Waals surface area contributed by atoms with Gasteiger partial charge in [-0.25, -0.2) is 9.59 Å². The lowest BCUT2D eigenvalue weighted by Gasteiger charge is -2.10. The van der Waals surface area contributed by atoms with Crippen molar-refractivity contribution in [2.75, 3.05) is 28.4 Å². The van der Waals surface area contributed by atoms with Crippen molar-refractivity contribution >= 4 is 21.9 Å². The van der Waals surface area contributed by atoms with Gasteiger partial charge in [0.25, 0.3) is 0 Å². The van der Waals surface area contributed by atoms with E-state index in [1.165, 1.54) is 28.4 Å². The molecular weight excluding hydrogens is 392 g/mol. The minimum Gasteiger partial charge on any atom is -0.493 e. The lowest BCUT2D eigenvalue weighted by atomic mass is 10.1. The summed E-state index contributed by atoms with van der Waals surface area (Å²) in [5.41, 5.74) is -0.611. The van der Waals surface area contributed by atoms with Crippen LogP contribution in [0.4, 0.5) is 0 Å². The molecule has 0 saturated carbocycles. The molecule has 2 aromatic carbocycles. The van der Waals surface area contributed by atoms with Gasteiger partial charge in [0.1, 0.15) is 11.2 Å². The van der Waals surface area contributed by atoms with E-state index in [9.17, 15) is 9.59 Å². The van der Waals surface area contributed by atoms with Crippen LogP contribution >= 0.6 is 0 Å². The lowest BCUT2D eigenvalue weighted by molar-refractivity contribution is 0.355. The molecule has 2 aromatic heterocycles. The first-order valence-electron chi connectivity index (χ1n) is 8.89. The Hall–Kier alpha value is -3.94. The van der Waals surface area contributed by atoms with Gasteiger partial charge >= 0.3 is 11.3 Å². The van der Waals surface area contributed by atoms with Crippen molar-refractivity contribution in [1.29, 1.82) is 0 Å². The molecule has 0 radical (unpaired) electrons. The van der Waals surface area contributed by atoms with Gasteiger partial charge < -0.3 is 27.8 Å². The van der Waals surface area contributed by atoms with Crippen LogP contribution in [0.5, 0.6) is 23.0 Å². The van der Waals surface area contributed by atoms with Crippen LogP contribution in [0.1, 0.15) is 0 Å². The van der Waals surface area contributed by atoms with E-state index < -0.39 is 11.3 Å². The van der Waals surface area contributed by atoms with Crippen molar-refractivity contribution in [3.8, 4) is 34.1 Å². The molecule has 0 aliphatic carbocycles. The Morgan fingerprint density at radius 2 is 0.867 bits per heavy atom. The van der Waals surface area contributed by atoms with Crippen LogP contribution in [-0.4, -0.2) is 28.4 Å². The summed E-state index contributed by atoms with van der Waals surface area (Å²) in [5, 5.41) is 1.13. The molecule has 8 heteroatoms. The summed E-state index contributed by atoms with van der Waals surface area (Å²) < 4.78 is 31.9. The second-order valence-corrected chi connectivity index (χ2v) is 6.39. The third-order valence-electron chi connectivity index (χ3n) is 4.77. The maximum atomic E-state index is 12.6. The van der Waals surface area contributed by atoms with E-state index in [1.807, 2.05) is 0 Å². The summed E-state index contributed by atoms with van der Waals surface area (Å²) >= 11 is 0. The smallest absolute Gasteiger partial charge is 0.344 e. The summed E-state index contributed by atoms with van der Waals surface area (Å²) in [6.07, 6.45) is 0. The van der Waals surface area contributed by atoms with Crippen molar-refractivity contribution in [1.82, 2.24) is 0 Å². The summed E-state index contributed by atoms with van der Waals surface area (Å²) in [5.74, 6) is 1.78.